The first-order chi connectivity index (χ1) is 11.2. The van der Waals surface area contributed by atoms with Crippen molar-refractivity contribution in [2.75, 3.05) is 17.2 Å². The molecule has 0 N–H and O–H groups in total. The van der Waals surface area contributed by atoms with Crippen molar-refractivity contribution in [3.63, 3.8) is 0 Å². The van der Waals surface area contributed by atoms with E-state index in [9.17, 15) is 0 Å². The van der Waals surface area contributed by atoms with Gasteiger partial charge >= 0.3 is 0 Å². The molecule has 0 radical (unpaired) electrons. The molecule has 1 fully saturated rings. The topological polar surface area (TPSA) is 41.9 Å². The van der Waals surface area contributed by atoms with Gasteiger partial charge in [-0.2, -0.15) is 11.8 Å². The number of aryl methyl sites for hydroxylation is 1. The van der Waals surface area contributed by atoms with Gasteiger partial charge in [-0.25, -0.2) is 9.97 Å². The smallest absolute Gasteiger partial charge is 0.161 e. The van der Waals surface area contributed by atoms with E-state index in [2.05, 4.69) is 35.5 Å². The van der Waals surface area contributed by atoms with Gasteiger partial charge in [-0.3, -0.25) is 4.98 Å². The molecule has 0 aromatic carbocycles. The maximum absolute atomic E-state index is 5.00. The molecular formula is C18H22N4S. The molecule has 2 aromatic heterocycles. The molecule has 2 aromatic rings. The molecule has 1 aliphatic carbocycles. The van der Waals surface area contributed by atoms with Crippen molar-refractivity contribution in [1.29, 1.82) is 0 Å². The number of rotatable bonds is 2. The average molecular weight is 326 g/mol. The van der Waals surface area contributed by atoms with Crippen molar-refractivity contribution in [1.82, 2.24) is 15.0 Å². The summed E-state index contributed by atoms with van der Waals surface area (Å²) in [5, 5.41) is 0.639. The van der Waals surface area contributed by atoms with Gasteiger partial charge in [0.2, 0.25) is 0 Å². The van der Waals surface area contributed by atoms with E-state index in [4.69, 9.17) is 9.97 Å². The molecule has 1 saturated heterocycles. The maximum Gasteiger partial charge on any atom is 0.161 e. The molecule has 0 bridgehead atoms. The van der Waals surface area contributed by atoms with Crippen LogP contribution in [0.4, 0.5) is 5.82 Å². The number of hydrogen-bond donors (Lipinski definition) is 0. The van der Waals surface area contributed by atoms with E-state index in [0.717, 1.165) is 30.8 Å². The van der Waals surface area contributed by atoms with Gasteiger partial charge in [-0.1, -0.05) is 6.92 Å². The van der Waals surface area contributed by atoms with Crippen molar-refractivity contribution in [3.05, 3.63) is 35.8 Å². The van der Waals surface area contributed by atoms with Gasteiger partial charge in [-0.05, 0) is 38.3 Å². The highest BCUT2D eigenvalue weighted by atomic mass is 32.2. The van der Waals surface area contributed by atoms with E-state index >= 15 is 0 Å². The highest BCUT2D eigenvalue weighted by Crippen LogP contribution is 2.35. The van der Waals surface area contributed by atoms with Crippen LogP contribution < -0.4 is 4.90 Å². The summed E-state index contributed by atoms with van der Waals surface area (Å²) in [4.78, 5) is 16.5. The number of fused-ring (bicyclic) bond motifs is 1. The van der Waals surface area contributed by atoms with Crippen LogP contribution in [0.2, 0.25) is 0 Å². The SMILES string of the molecule is CC1SCCN(c2nc(-c3ccncc3)nc3c2CCC3)C1C. The Hall–Kier alpha value is -1.62. The number of aromatic nitrogens is 3. The summed E-state index contributed by atoms with van der Waals surface area (Å²) >= 11 is 2.07. The molecule has 4 nitrogen and oxygen atoms in total. The predicted octanol–water partition coefficient (Wildman–Crippen LogP) is 3.36. The van der Waals surface area contributed by atoms with Gasteiger partial charge in [0.05, 0.1) is 0 Å². The van der Waals surface area contributed by atoms with Crippen molar-refractivity contribution < 1.29 is 0 Å². The first kappa shape index (κ1) is 14.9. The van der Waals surface area contributed by atoms with Gasteiger partial charge in [0, 0.05) is 52.8 Å². The monoisotopic (exact) mass is 326 g/mol. The molecule has 2 atom stereocenters. The van der Waals surface area contributed by atoms with Crippen LogP contribution in [-0.4, -0.2) is 38.5 Å². The van der Waals surface area contributed by atoms with Crippen LogP contribution in [0.25, 0.3) is 11.4 Å². The van der Waals surface area contributed by atoms with Crippen molar-refractivity contribution in [3.8, 4) is 11.4 Å². The molecular weight excluding hydrogens is 304 g/mol. The Morgan fingerprint density at radius 3 is 2.78 bits per heavy atom. The summed E-state index contributed by atoms with van der Waals surface area (Å²) < 4.78 is 0. The first-order valence-electron chi connectivity index (χ1n) is 8.42. The fourth-order valence-corrected chi connectivity index (χ4v) is 4.61. The van der Waals surface area contributed by atoms with Crippen molar-refractivity contribution >= 4 is 17.6 Å². The fraction of sp³-hybridized carbons (Fsp3) is 0.500. The molecule has 120 valence electrons. The van der Waals surface area contributed by atoms with Crippen LogP contribution >= 0.6 is 11.8 Å². The number of thioether (sulfide) groups is 1. The highest BCUT2D eigenvalue weighted by Gasteiger charge is 2.30. The van der Waals surface area contributed by atoms with E-state index in [1.807, 2.05) is 24.5 Å². The average Bonchev–Trinajstić information content (AvgIpc) is 3.06. The number of pyridine rings is 1. The first-order valence-corrected chi connectivity index (χ1v) is 9.47. The fourth-order valence-electron chi connectivity index (χ4n) is 3.51. The van der Waals surface area contributed by atoms with Crippen LogP contribution in [0.1, 0.15) is 31.5 Å². The number of hydrogen-bond acceptors (Lipinski definition) is 5. The second-order valence-electron chi connectivity index (χ2n) is 6.40. The molecule has 3 heterocycles. The zero-order valence-corrected chi connectivity index (χ0v) is 14.5. The van der Waals surface area contributed by atoms with Crippen molar-refractivity contribution in [2.45, 2.75) is 44.4 Å². The minimum absolute atomic E-state index is 0.513. The minimum atomic E-state index is 0.513. The Bertz CT molecular complexity index is 704. The predicted molar refractivity (Wildman–Crippen MR) is 96.0 cm³/mol. The zero-order chi connectivity index (χ0) is 15.8. The second kappa shape index (κ2) is 6.11. The Morgan fingerprint density at radius 2 is 1.96 bits per heavy atom. The molecule has 1 aliphatic heterocycles. The van der Waals surface area contributed by atoms with E-state index in [1.54, 1.807) is 0 Å². The molecule has 0 spiro atoms. The van der Waals surface area contributed by atoms with Gasteiger partial charge in [0.15, 0.2) is 5.82 Å². The van der Waals surface area contributed by atoms with Gasteiger partial charge < -0.3 is 4.90 Å². The Labute approximate surface area is 141 Å². The molecule has 2 aliphatic rings. The number of nitrogens with zero attached hydrogens (tertiary/aromatic N) is 4. The summed E-state index contributed by atoms with van der Waals surface area (Å²) in [6.07, 6.45) is 7.02. The molecule has 0 amide bonds. The minimum Gasteiger partial charge on any atom is -0.352 e. The second-order valence-corrected chi connectivity index (χ2v) is 7.88. The van der Waals surface area contributed by atoms with E-state index in [0.29, 0.717) is 11.3 Å². The summed E-state index contributed by atoms with van der Waals surface area (Å²) in [5.74, 6) is 3.20. The van der Waals surface area contributed by atoms with Gasteiger partial charge in [0.25, 0.3) is 0 Å². The summed E-state index contributed by atoms with van der Waals surface area (Å²) in [6, 6.07) is 4.51. The Balaban J connectivity index is 1.81. The maximum atomic E-state index is 5.00. The summed E-state index contributed by atoms with van der Waals surface area (Å²) in [7, 11) is 0. The van der Waals surface area contributed by atoms with Gasteiger partial charge in [0.1, 0.15) is 5.82 Å². The lowest BCUT2D eigenvalue weighted by molar-refractivity contribution is 0.617. The Kier molecular flexibility index (Phi) is 3.97. The standard InChI is InChI=1S/C18H22N4S/c1-12-13(2)23-11-10-22(12)18-15-4-3-5-16(15)20-17(21-18)14-6-8-19-9-7-14/h6-9,12-13H,3-5,10-11H2,1-2H3. The highest BCUT2D eigenvalue weighted by molar-refractivity contribution is 8.00. The third-order valence-electron chi connectivity index (χ3n) is 5.01. The van der Waals surface area contributed by atoms with Crippen molar-refractivity contribution in [2.24, 2.45) is 0 Å². The zero-order valence-electron chi connectivity index (χ0n) is 13.7. The quantitative estimate of drug-likeness (QED) is 0.846. The lowest BCUT2D eigenvalue weighted by Gasteiger charge is -2.39. The molecule has 4 rings (SSSR count). The lowest BCUT2D eigenvalue weighted by Crippen LogP contribution is -2.45. The van der Waals surface area contributed by atoms with Crippen LogP contribution in [-0.2, 0) is 12.8 Å². The molecule has 23 heavy (non-hydrogen) atoms. The summed E-state index contributed by atoms with van der Waals surface area (Å²) in [5.41, 5.74) is 3.69. The lowest BCUT2D eigenvalue weighted by atomic mass is 10.1. The number of anilines is 1. The van der Waals surface area contributed by atoms with Crippen LogP contribution in [0.3, 0.4) is 0 Å². The third-order valence-corrected chi connectivity index (χ3v) is 6.34. The normalized spacial score (nSPS) is 23.8. The van der Waals surface area contributed by atoms with Gasteiger partial charge in [-0.15, -0.1) is 0 Å². The van der Waals surface area contributed by atoms with E-state index < -0.39 is 0 Å². The van der Waals surface area contributed by atoms with Crippen LogP contribution in [0, 0.1) is 0 Å². The largest absolute Gasteiger partial charge is 0.352 e. The van der Waals surface area contributed by atoms with Crippen LogP contribution in [0.15, 0.2) is 24.5 Å². The molecule has 0 saturated carbocycles. The van der Waals surface area contributed by atoms with E-state index in [-0.39, 0.29) is 0 Å². The molecule has 2 unspecified atom stereocenters. The molecule has 5 heteroatoms. The van der Waals surface area contributed by atoms with Crippen LogP contribution in [0.5, 0.6) is 0 Å². The third kappa shape index (κ3) is 2.71. The Morgan fingerprint density at radius 1 is 1.13 bits per heavy atom. The summed E-state index contributed by atoms with van der Waals surface area (Å²) in [6.45, 7) is 5.73. The van der Waals surface area contributed by atoms with E-state index in [1.165, 1.54) is 29.2 Å².